The minimum absolute atomic E-state index is 0. The molecule has 131 valence electrons. The molecule has 2 aliphatic rings. The molecule has 2 aromatic rings. The number of para-hydroxylation sites is 1. The molecule has 4 rings (SSSR count). The summed E-state index contributed by atoms with van der Waals surface area (Å²) in [4.78, 5) is 0. The second kappa shape index (κ2) is 7.15. The summed E-state index contributed by atoms with van der Waals surface area (Å²) in [5, 5.41) is 3.32. The van der Waals surface area contributed by atoms with Gasteiger partial charge in [0.05, 0.1) is 5.56 Å². The molecule has 0 saturated carbocycles. The van der Waals surface area contributed by atoms with E-state index in [1.165, 1.54) is 0 Å². The number of rotatable bonds is 1. The average Bonchev–Trinajstić information content (AvgIpc) is 2.61. The molecule has 2 heterocycles. The number of halogens is 3. The summed E-state index contributed by atoms with van der Waals surface area (Å²) < 4.78 is 44.8. The molecule has 1 radical (unpaired) electrons. The molecule has 1 saturated heterocycles. The maximum absolute atomic E-state index is 12.8. The summed E-state index contributed by atoms with van der Waals surface area (Å²) in [5.74, 6) is 0.793. The molecular formula is C20H18F3LiNO. The van der Waals surface area contributed by atoms with E-state index < -0.39 is 17.3 Å². The van der Waals surface area contributed by atoms with Crippen molar-refractivity contribution in [2.45, 2.75) is 24.6 Å². The quantitative estimate of drug-likeness (QED) is 0.774. The Morgan fingerprint density at radius 1 is 0.923 bits per heavy atom. The van der Waals surface area contributed by atoms with E-state index in [1.807, 2.05) is 24.3 Å². The standard InChI is InChI=1S/C20H18F3NO.Li/c21-20(22,23)15-7-5-14(6-8-15)17-13-19(9-11-24-12-10-19)25-18-4-2-1-3-16(17)18;/h1-8,13,24H,9-12H2;. The van der Waals surface area contributed by atoms with Crippen LogP contribution >= 0.6 is 0 Å². The molecule has 2 aromatic carbocycles. The third kappa shape index (κ3) is 3.57. The summed E-state index contributed by atoms with van der Waals surface area (Å²) in [6.07, 6.45) is -0.549. The number of nitrogens with one attached hydrogen (secondary N) is 1. The topological polar surface area (TPSA) is 21.3 Å². The third-order valence-electron chi connectivity index (χ3n) is 4.87. The minimum atomic E-state index is -4.32. The molecule has 1 N–H and O–H groups in total. The molecule has 26 heavy (non-hydrogen) atoms. The van der Waals surface area contributed by atoms with Crippen molar-refractivity contribution >= 4 is 24.4 Å². The molecule has 0 unspecified atom stereocenters. The zero-order chi connectivity index (χ0) is 17.5. The normalized spacial score (nSPS) is 18.3. The first-order valence-electron chi connectivity index (χ1n) is 8.37. The fourth-order valence-electron chi connectivity index (χ4n) is 3.54. The SMILES string of the molecule is FC(F)(F)c1ccc(C2=CC3(CCNCC3)Oc3ccccc32)cc1.[Li]. The minimum Gasteiger partial charge on any atom is -0.482 e. The Morgan fingerprint density at radius 2 is 1.58 bits per heavy atom. The van der Waals surface area contributed by atoms with Crippen molar-refractivity contribution < 1.29 is 17.9 Å². The first-order chi connectivity index (χ1) is 12.0. The smallest absolute Gasteiger partial charge is 0.416 e. The predicted octanol–water partition coefficient (Wildman–Crippen LogP) is 4.27. The van der Waals surface area contributed by atoms with Crippen LogP contribution in [0.1, 0.15) is 29.5 Å². The maximum Gasteiger partial charge on any atom is 0.416 e. The Hall–Kier alpha value is -1.67. The fraction of sp³-hybridized carbons (Fsp3) is 0.300. The van der Waals surface area contributed by atoms with E-state index in [1.54, 1.807) is 12.1 Å². The van der Waals surface area contributed by atoms with E-state index in [9.17, 15) is 13.2 Å². The molecule has 6 heteroatoms. The van der Waals surface area contributed by atoms with Gasteiger partial charge in [0.15, 0.2) is 0 Å². The van der Waals surface area contributed by atoms with Crippen LogP contribution in [0.25, 0.3) is 5.57 Å². The first kappa shape index (κ1) is 19.1. The third-order valence-corrected chi connectivity index (χ3v) is 4.87. The molecular weight excluding hydrogens is 334 g/mol. The number of alkyl halides is 3. The van der Waals surface area contributed by atoms with Crippen molar-refractivity contribution in [3.05, 3.63) is 71.3 Å². The number of ether oxygens (including phenoxy) is 1. The van der Waals surface area contributed by atoms with Gasteiger partial charge in [0.2, 0.25) is 0 Å². The van der Waals surface area contributed by atoms with Gasteiger partial charge in [-0.2, -0.15) is 13.2 Å². The number of hydrogen-bond donors (Lipinski definition) is 1. The zero-order valence-corrected chi connectivity index (χ0v) is 14.6. The summed E-state index contributed by atoms with van der Waals surface area (Å²) in [7, 11) is 0. The van der Waals surface area contributed by atoms with Crippen LogP contribution in [-0.4, -0.2) is 37.6 Å². The van der Waals surface area contributed by atoms with E-state index in [0.29, 0.717) is 0 Å². The Balaban J connectivity index is 0.00000196. The van der Waals surface area contributed by atoms with Crippen LogP contribution < -0.4 is 10.1 Å². The van der Waals surface area contributed by atoms with Crippen molar-refractivity contribution in [1.29, 1.82) is 0 Å². The van der Waals surface area contributed by atoms with Crippen LogP contribution in [-0.2, 0) is 6.18 Å². The Morgan fingerprint density at radius 3 is 2.23 bits per heavy atom. The predicted molar refractivity (Wildman–Crippen MR) is 96.2 cm³/mol. The van der Waals surface area contributed by atoms with Crippen LogP contribution in [0.3, 0.4) is 0 Å². The summed E-state index contributed by atoms with van der Waals surface area (Å²) in [6.45, 7) is 1.72. The van der Waals surface area contributed by atoms with E-state index >= 15 is 0 Å². The number of piperidine rings is 1. The van der Waals surface area contributed by atoms with Crippen molar-refractivity contribution in [2.75, 3.05) is 13.1 Å². The molecule has 0 atom stereocenters. The van der Waals surface area contributed by atoms with E-state index in [-0.39, 0.29) is 18.9 Å². The van der Waals surface area contributed by atoms with Gasteiger partial charge in [0.1, 0.15) is 11.4 Å². The van der Waals surface area contributed by atoms with Crippen molar-refractivity contribution in [3.63, 3.8) is 0 Å². The molecule has 2 nitrogen and oxygen atoms in total. The molecule has 0 amide bonds. The Kier molecular flexibility index (Phi) is 5.25. The molecule has 1 spiro atoms. The molecule has 1 fully saturated rings. The fourth-order valence-corrected chi connectivity index (χ4v) is 3.54. The zero-order valence-electron chi connectivity index (χ0n) is 14.6. The number of fused-ring (bicyclic) bond motifs is 1. The van der Waals surface area contributed by atoms with Gasteiger partial charge in [0.25, 0.3) is 0 Å². The summed E-state index contributed by atoms with van der Waals surface area (Å²) in [6, 6.07) is 13.1. The van der Waals surface area contributed by atoms with Crippen LogP contribution in [0.5, 0.6) is 5.75 Å². The maximum atomic E-state index is 12.8. The van der Waals surface area contributed by atoms with Crippen molar-refractivity contribution in [3.8, 4) is 5.75 Å². The van der Waals surface area contributed by atoms with Crippen LogP contribution in [0.15, 0.2) is 54.6 Å². The van der Waals surface area contributed by atoms with Gasteiger partial charge in [-0.1, -0.05) is 30.3 Å². The van der Waals surface area contributed by atoms with Gasteiger partial charge in [0, 0.05) is 37.3 Å². The molecule has 0 aromatic heterocycles. The number of hydrogen-bond acceptors (Lipinski definition) is 2. The van der Waals surface area contributed by atoms with Gasteiger partial charge in [-0.3, -0.25) is 0 Å². The summed E-state index contributed by atoms with van der Waals surface area (Å²) in [5.41, 5.74) is 1.62. The molecule has 0 aliphatic carbocycles. The van der Waals surface area contributed by atoms with Crippen LogP contribution in [0.4, 0.5) is 13.2 Å². The van der Waals surface area contributed by atoms with Gasteiger partial charge in [-0.15, -0.1) is 0 Å². The van der Waals surface area contributed by atoms with Gasteiger partial charge in [-0.05, 0) is 48.5 Å². The second-order valence-electron chi connectivity index (χ2n) is 6.55. The monoisotopic (exact) mass is 352 g/mol. The van der Waals surface area contributed by atoms with Crippen molar-refractivity contribution in [2.24, 2.45) is 0 Å². The molecule has 0 bridgehead atoms. The van der Waals surface area contributed by atoms with Crippen LogP contribution in [0.2, 0.25) is 0 Å². The van der Waals surface area contributed by atoms with E-state index in [2.05, 4.69) is 11.4 Å². The summed E-state index contributed by atoms with van der Waals surface area (Å²) >= 11 is 0. The first-order valence-corrected chi connectivity index (χ1v) is 8.37. The second-order valence-corrected chi connectivity index (χ2v) is 6.55. The van der Waals surface area contributed by atoms with Gasteiger partial charge < -0.3 is 10.1 Å². The van der Waals surface area contributed by atoms with Crippen LogP contribution in [0, 0.1) is 0 Å². The largest absolute Gasteiger partial charge is 0.482 e. The van der Waals surface area contributed by atoms with E-state index in [4.69, 9.17) is 4.74 Å². The molecule has 2 aliphatic heterocycles. The van der Waals surface area contributed by atoms with E-state index in [0.717, 1.165) is 60.5 Å². The van der Waals surface area contributed by atoms with Gasteiger partial charge in [-0.25, -0.2) is 0 Å². The van der Waals surface area contributed by atoms with Crippen molar-refractivity contribution in [1.82, 2.24) is 5.32 Å². The Labute approximate surface area is 162 Å². The van der Waals surface area contributed by atoms with Gasteiger partial charge >= 0.3 is 6.18 Å². The Bertz CT molecular complexity index is 809. The number of benzene rings is 2. The average molecular weight is 352 g/mol.